The number of fused-ring (bicyclic) bond motifs is 1. The van der Waals surface area contributed by atoms with E-state index < -0.39 is 0 Å². The number of thiazole rings is 1. The Hall–Kier alpha value is -1.93. The summed E-state index contributed by atoms with van der Waals surface area (Å²) in [6.07, 6.45) is 1.91. The topological polar surface area (TPSA) is 12.9 Å². The van der Waals surface area contributed by atoms with Crippen LogP contribution in [0.4, 0.5) is 0 Å². The fourth-order valence-corrected chi connectivity index (χ4v) is 3.13. The molecule has 0 aliphatic rings. The number of para-hydroxylation sites is 1. The van der Waals surface area contributed by atoms with Crippen molar-refractivity contribution in [3.63, 3.8) is 0 Å². The molecule has 1 nitrogen and oxygen atoms in total. The first-order chi connectivity index (χ1) is 8.79. The zero-order valence-electron chi connectivity index (χ0n) is 10.2. The van der Waals surface area contributed by atoms with Crippen molar-refractivity contribution >= 4 is 27.6 Å². The van der Waals surface area contributed by atoms with E-state index in [1.54, 1.807) is 11.3 Å². The molecule has 3 aromatic rings. The molecule has 0 saturated heterocycles. The molecule has 0 saturated carbocycles. The summed E-state index contributed by atoms with van der Waals surface area (Å²) in [5, 5.41) is 1.06. The molecule has 0 amide bonds. The summed E-state index contributed by atoms with van der Waals surface area (Å²) in [6.45, 7) is 6.01. The number of benzene rings is 2. The van der Waals surface area contributed by atoms with Crippen LogP contribution in [-0.4, -0.2) is 4.98 Å². The van der Waals surface area contributed by atoms with Crippen LogP contribution in [0.2, 0.25) is 0 Å². The summed E-state index contributed by atoms with van der Waals surface area (Å²) in [5.74, 6) is 0. The molecule has 0 unspecified atom stereocenters. The molecule has 0 fully saturated rings. The summed E-state index contributed by atoms with van der Waals surface area (Å²) in [7, 11) is 0. The first kappa shape index (κ1) is 11.2. The van der Waals surface area contributed by atoms with Crippen LogP contribution in [0.25, 0.3) is 26.9 Å². The van der Waals surface area contributed by atoms with Crippen LogP contribution in [0.3, 0.4) is 0 Å². The summed E-state index contributed by atoms with van der Waals surface area (Å²) in [5.41, 5.74) is 4.65. The molecule has 0 radical (unpaired) electrons. The quantitative estimate of drug-likeness (QED) is 0.630. The van der Waals surface area contributed by atoms with Gasteiger partial charge in [-0.25, -0.2) is 4.98 Å². The second-order valence-corrected chi connectivity index (χ2v) is 5.26. The maximum Gasteiger partial charge on any atom is 0.125 e. The number of aryl methyl sites for hydroxylation is 1. The highest BCUT2D eigenvalue weighted by Crippen LogP contribution is 2.33. The van der Waals surface area contributed by atoms with E-state index in [1.165, 1.54) is 21.4 Å². The van der Waals surface area contributed by atoms with Crippen molar-refractivity contribution in [2.24, 2.45) is 0 Å². The fraction of sp³-hybridized carbons (Fsp3) is 0.0625. The highest BCUT2D eigenvalue weighted by Gasteiger charge is 2.09. The van der Waals surface area contributed by atoms with Crippen molar-refractivity contribution < 1.29 is 0 Å². The molecule has 0 bridgehead atoms. The Morgan fingerprint density at radius 1 is 1.11 bits per heavy atom. The lowest BCUT2D eigenvalue weighted by Crippen LogP contribution is -1.86. The van der Waals surface area contributed by atoms with Gasteiger partial charge in [0.05, 0.1) is 10.2 Å². The zero-order valence-corrected chi connectivity index (χ0v) is 11.0. The van der Waals surface area contributed by atoms with Gasteiger partial charge in [-0.3, -0.25) is 0 Å². The van der Waals surface area contributed by atoms with E-state index in [1.807, 2.05) is 12.1 Å². The zero-order chi connectivity index (χ0) is 12.5. The van der Waals surface area contributed by atoms with E-state index in [2.05, 4.69) is 49.9 Å². The van der Waals surface area contributed by atoms with Gasteiger partial charge in [0.2, 0.25) is 0 Å². The Labute approximate surface area is 110 Å². The molecular formula is C16H13NS. The summed E-state index contributed by atoms with van der Waals surface area (Å²) >= 11 is 1.73. The third-order valence-electron chi connectivity index (χ3n) is 3.05. The van der Waals surface area contributed by atoms with E-state index in [0.29, 0.717) is 0 Å². The van der Waals surface area contributed by atoms with Gasteiger partial charge in [0.1, 0.15) is 5.01 Å². The highest BCUT2D eigenvalue weighted by atomic mass is 32.1. The Morgan fingerprint density at radius 3 is 2.72 bits per heavy atom. The van der Waals surface area contributed by atoms with E-state index >= 15 is 0 Å². The molecule has 0 spiro atoms. The number of rotatable bonds is 2. The number of nitrogens with zero attached hydrogens (tertiary/aromatic N) is 1. The van der Waals surface area contributed by atoms with Crippen molar-refractivity contribution in [2.75, 3.05) is 0 Å². The average molecular weight is 251 g/mol. The van der Waals surface area contributed by atoms with Gasteiger partial charge in [-0.05, 0) is 30.2 Å². The molecule has 0 aliphatic heterocycles. The lowest BCUT2D eigenvalue weighted by atomic mass is 10.0. The molecule has 2 aromatic carbocycles. The molecule has 1 aromatic heterocycles. The molecule has 88 valence electrons. The standard InChI is InChI=1S/C16H13NS/c1-3-12-11(2)7-6-8-13(12)16-17-14-9-4-5-10-15(14)18-16/h3-10H,1H2,2H3. The lowest BCUT2D eigenvalue weighted by Gasteiger charge is -2.05. The van der Waals surface area contributed by atoms with Gasteiger partial charge in [-0.2, -0.15) is 0 Å². The minimum absolute atomic E-state index is 1.06. The van der Waals surface area contributed by atoms with E-state index in [9.17, 15) is 0 Å². The van der Waals surface area contributed by atoms with Crippen LogP contribution in [0, 0.1) is 6.92 Å². The third-order valence-corrected chi connectivity index (χ3v) is 4.12. The molecular weight excluding hydrogens is 238 g/mol. The first-order valence-corrected chi connectivity index (χ1v) is 6.69. The summed E-state index contributed by atoms with van der Waals surface area (Å²) in [6, 6.07) is 14.5. The van der Waals surface area contributed by atoms with Gasteiger partial charge in [-0.15, -0.1) is 11.3 Å². The fourth-order valence-electron chi connectivity index (χ4n) is 2.13. The van der Waals surface area contributed by atoms with Gasteiger partial charge < -0.3 is 0 Å². The Balaban J connectivity index is 2.26. The van der Waals surface area contributed by atoms with Crippen LogP contribution in [0.5, 0.6) is 0 Å². The molecule has 0 aliphatic carbocycles. The normalized spacial score (nSPS) is 10.7. The van der Waals surface area contributed by atoms with Crippen molar-refractivity contribution in [3.8, 4) is 10.6 Å². The van der Waals surface area contributed by atoms with Crippen molar-refractivity contribution in [3.05, 3.63) is 60.2 Å². The van der Waals surface area contributed by atoms with Crippen molar-refractivity contribution in [1.29, 1.82) is 0 Å². The van der Waals surface area contributed by atoms with Crippen molar-refractivity contribution in [1.82, 2.24) is 4.98 Å². The van der Waals surface area contributed by atoms with Gasteiger partial charge in [-0.1, -0.05) is 43.0 Å². The second kappa shape index (κ2) is 4.39. The van der Waals surface area contributed by atoms with E-state index in [0.717, 1.165) is 10.5 Å². The molecule has 18 heavy (non-hydrogen) atoms. The maximum absolute atomic E-state index is 4.70. The van der Waals surface area contributed by atoms with Crippen LogP contribution >= 0.6 is 11.3 Å². The predicted molar refractivity (Wildman–Crippen MR) is 79.9 cm³/mol. The van der Waals surface area contributed by atoms with Crippen LogP contribution in [-0.2, 0) is 0 Å². The van der Waals surface area contributed by atoms with Gasteiger partial charge >= 0.3 is 0 Å². The van der Waals surface area contributed by atoms with Gasteiger partial charge in [0, 0.05) is 5.56 Å². The Bertz CT molecular complexity index is 692. The average Bonchev–Trinajstić information content (AvgIpc) is 2.82. The largest absolute Gasteiger partial charge is 0.236 e. The Kier molecular flexibility index (Phi) is 2.73. The number of hydrogen-bond acceptors (Lipinski definition) is 2. The highest BCUT2D eigenvalue weighted by molar-refractivity contribution is 7.21. The smallest absolute Gasteiger partial charge is 0.125 e. The van der Waals surface area contributed by atoms with Crippen LogP contribution < -0.4 is 0 Å². The predicted octanol–water partition coefficient (Wildman–Crippen LogP) is 4.91. The summed E-state index contributed by atoms with van der Waals surface area (Å²) < 4.78 is 1.23. The molecule has 3 rings (SSSR count). The van der Waals surface area contributed by atoms with Crippen LogP contribution in [0.15, 0.2) is 49.0 Å². The SMILES string of the molecule is C=Cc1c(C)cccc1-c1nc2ccccc2s1. The third kappa shape index (κ3) is 1.75. The molecule has 0 atom stereocenters. The van der Waals surface area contributed by atoms with Gasteiger partial charge in [0.25, 0.3) is 0 Å². The first-order valence-electron chi connectivity index (χ1n) is 5.87. The monoisotopic (exact) mass is 251 g/mol. The maximum atomic E-state index is 4.70. The van der Waals surface area contributed by atoms with E-state index in [-0.39, 0.29) is 0 Å². The van der Waals surface area contributed by atoms with Crippen LogP contribution in [0.1, 0.15) is 11.1 Å². The summed E-state index contributed by atoms with van der Waals surface area (Å²) in [4.78, 5) is 4.70. The Morgan fingerprint density at radius 2 is 1.94 bits per heavy atom. The lowest BCUT2D eigenvalue weighted by molar-refractivity contribution is 1.41. The minimum Gasteiger partial charge on any atom is -0.236 e. The molecule has 0 N–H and O–H groups in total. The second-order valence-electron chi connectivity index (χ2n) is 4.23. The molecule has 2 heteroatoms. The van der Waals surface area contributed by atoms with Crippen molar-refractivity contribution in [2.45, 2.75) is 6.92 Å². The number of aromatic nitrogens is 1. The molecule has 1 heterocycles. The van der Waals surface area contributed by atoms with Gasteiger partial charge in [0.15, 0.2) is 0 Å². The van der Waals surface area contributed by atoms with E-state index in [4.69, 9.17) is 4.98 Å². The number of hydrogen-bond donors (Lipinski definition) is 0. The minimum atomic E-state index is 1.06.